The molecule has 1 aromatic carbocycles. The third kappa shape index (κ3) is 3.82. The van der Waals surface area contributed by atoms with E-state index in [9.17, 15) is 10.0 Å². The summed E-state index contributed by atoms with van der Waals surface area (Å²) in [5.41, 5.74) is 1.72. The van der Waals surface area contributed by atoms with Crippen molar-refractivity contribution < 1.29 is 10.0 Å². The fourth-order valence-corrected chi connectivity index (χ4v) is 3.21. The van der Waals surface area contributed by atoms with Gasteiger partial charge in [-0.1, -0.05) is 44.0 Å². The van der Waals surface area contributed by atoms with E-state index in [0.717, 1.165) is 18.0 Å². The zero-order chi connectivity index (χ0) is 13.8. The van der Waals surface area contributed by atoms with Crippen LogP contribution in [0.5, 0.6) is 0 Å². The van der Waals surface area contributed by atoms with E-state index in [0.29, 0.717) is 11.5 Å². The number of hydrogen-bond acceptors (Lipinski definition) is 3. The van der Waals surface area contributed by atoms with Crippen molar-refractivity contribution in [2.24, 2.45) is 5.92 Å². The first-order valence-electron chi connectivity index (χ1n) is 7.23. The SMILES string of the molecule is CC1CCCCC1N(C)Cc1cccc(B(O)O)c1. The molecule has 2 N–H and O–H groups in total. The first-order chi connectivity index (χ1) is 9.08. The molecule has 0 radical (unpaired) electrons. The van der Waals surface area contributed by atoms with Crippen molar-refractivity contribution >= 4 is 12.6 Å². The maximum atomic E-state index is 9.22. The molecule has 2 unspecified atom stereocenters. The summed E-state index contributed by atoms with van der Waals surface area (Å²) in [4.78, 5) is 2.41. The Kier molecular flexibility index (Phi) is 5.02. The van der Waals surface area contributed by atoms with E-state index >= 15 is 0 Å². The molecule has 0 amide bonds. The second-order valence-electron chi connectivity index (χ2n) is 5.86. The first-order valence-corrected chi connectivity index (χ1v) is 7.23. The van der Waals surface area contributed by atoms with Gasteiger partial charge in [0.1, 0.15) is 0 Å². The van der Waals surface area contributed by atoms with Crippen LogP contribution in [0.3, 0.4) is 0 Å². The Morgan fingerprint density at radius 3 is 2.68 bits per heavy atom. The number of rotatable bonds is 4. The summed E-state index contributed by atoms with van der Waals surface area (Å²) in [6.45, 7) is 3.21. The summed E-state index contributed by atoms with van der Waals surface area (Å²) >= 11 is 0. The van der Waals surface area contributed by atoms with Gasteiger partial charge in [0.05, 0.1) is 0 Å². The Hall–Kier alpha value is -0.835. The number of benzene rings is 1. The smallest absolute Gasteiger partial charge is 0.423 e. The van der Waals surface area contributed by atoms with Crippen LogP contribution in [-0.4, -0.2) is 35.2 Å². The molecule has 0 saturated heterocycles. The van der Waals surface area contributed by atoms with Crippen molar-refractivity contribution in [3.05, 3.63) is 29.8 Å². The third-order valence-corrected chi connectivity index (χ3v) is 4.31. The van der Waals surface area contributed by atoms with E-state index in [-0.39, 0.29) is 0 Å². The molecule has 1 aliphatic rings. The van der Waals surface area contributed by atoms with E-state index in [2.05, 4.69) is 24.9 Å². The van der Waals surface area contributed by atoms with E-state index in [4.69, 9.17) is 0 Å². The lowest BCUT2D eigenvalue weighted by Crippen LogP contribution is -2.38. The summed E-state index contributed by atoms with van der Waals surface area (Å²) in [7, 11) is 0.799. The van der Waals surface area contributed by atoms with Crippen molar-refractivity contribution in [3.63, 3.8) is 0 Å². The van der Waals surface area contributed by atoms with Crippen LogP contribution in [0.2, 0.25) is 0 Å². The molecule has 1 aliphatic carbocycles. The summed E-state index contributed by atoms with van der Waals surface area (Å²) < 4.78 is 0. The fraction of sp³-hybridized carbons (Fsp3) is 0.600. The van der Waals surface area contributed by atoms with Crippen LogP contribution in [0.15, 0.2) is 24.3 Å². The van der Waals surface area contributed by atoms with Crippen LogP contribution in [0.25, 0.3) is 0 Å². The maximum absolute atomic E-state index is 9.22. The number of nitrogens with zero attached hydrogens (tertiary/aromatic N) is 1. The predicted octanol–water partition coefficient (Wildman–Crippen LogP) is 1.38. The number of hydrogen-bond donors (Lipinski definition) is 2. The van der Waals surface area contributed by atoms with E-state index in [1.54, 1.807) is 6.07 Å². The van der Waals surface area contributed by atoms with Crippen LogP contribution >= 0.6 is 0 Å². The highest BCUT2D eigenvalue weighted by atomic mass is 16.4. The average Bonchev–Trinajstić information content (AvgIpc) is 2.39. The molecule has 2 rings (SSSR count). The molecule has 104 valence electrons. The van der Waals surface area contributed by atoms with E-state index in [1.807, 2.05) is 12.1 Å². The Morgan fingerprint density at radius 1 is 1.26 bits per heavy atom. The largest absolute Gasteiger partial charge is 0.488 e. The van der Waals surface area contributed by atoms with Gasteiger partial charge >= 0.3 is 7.12 Å². The maximum Gasteiger partial charge on any atom is 0.488 e. The topological polar surface area (TPSA) is 43.7 Å². The standard InChI is InChI=1S/C15H24BNO2/c1-12-6-3-4-9-15(12)17(2)11-13-7-5-8-14(10-13)16(18)19/h5,7-8,10,12,15,18-19H,3-4,6,9,11H2,1-2H3. The summed E-state index contributed by atoms with van der Waals surface area (Å²) in [5, 5.41) is 18.4. The van der Waals surface area contributed by atoms with Crippen molar-refractivity contribution in [1.82, 2.24) is 4.90 Å². The molecular formula is C15H24BNO2. The zero-order valence-electron chi connectivity index (χ0n) is 11.9. The van der Waals surface area contributed by atoms with Gasteiger partial charge in [0.15, 0.2) is 0 Å². The van der Waals surface area contributed by atoms with Gasteiger partial charge in [-0.15, -0.1) is 0 Å². The zero-order valence-corrected chi connectivity index (χ0v) is 11.9. The normalized spacial score (nSPS) is 23.6. The van der Waals surface area contributed by atoms with Crippen molar-refractivity contribution in [1.29, 1.82) is 0 Å². The Labute approximate surface area is 116 Å². The van der Waals surface area contributed by atoms with Gasteiger partial charge in [-0.05, 0) is 36.8 Å². The summed E-state index contributed by atoms with van der Waals surface area (Å²) in [5.74, 6) is 0.755. The van der Waals surface area contributed by atoms with Crippen molar-refractivity contribution in [2.45, 2.75) is 45.2 Å². The Morgan fingerprint density at radius 2 is 2.00 bits per heavy atom. The minimum Gasteiger partial charge on any atom is -0.423 e. The lowest BCUT2D eigenvalue weighted by molar-refractivity contribution is 0.133. The molecule has 0 spiro atoms. The molecule has 0 heterocycles. The summed E-state index contributed by atoms with van der Waals surface area (Å²) in [6, 6.07) is 8.22. The molecule has 0 aromatic heterocycles. The van der Waals surface area contributed by atoms with Crippen molar-refractivity contribution in [2.75, 3.05) is 7.05 Å². The fourth-order valence-electron chi connectivity index (χ4n) is 3.21. The van der Waals surface area contributed by atoms with Crippen LogP contribution in [0.4, 0.5) is 0 Å². The Balaban J connectivity index is 2.01. The molecule has 19 heavy (non-hydrogen) atoms. The first kappa shape index (κ1) is 14.6. The second-order valence-corrected chi connectivity index (χ2v) is 5.86. The quantitative estimate of drug-likeness (QED) is 0.805. The van der Waals surface area contributed by atoms with E-state index in [1.165, 1.54) is 25.7 Å². The molecule has 1 saturated carbocycles. The highest BCUT2D eigenvalue weighted by Crippen LogP contribution is 2.28. The molecule has 4 heteroatoms. The van der Waals surface area contributed by atoms with Gasteiger partial charge in [0.25, 0.3) is 0 Å². The van der Waals surface area contributed by atoms with Crippen LogP contribution < -0.4 is 5.46 Å². The molecular weight excluding hydrogens is 237 g/mol. The highest BCUT2D eigenvalue weighted by Gasteiger charge is 2.24. The lowest BCUT2D eigenvalue weighted by atomic mass is 9.79. The molecule has 1 aromatic rings. The minimum absolute atomic E-state index is 0.572. The van der Waals surface area contributed by atoms with Gasteiger partial charge in [-0.25, -0.2) is 0 Å². The van der Waals surface area contributed by atoms with Gasteiger partial charge in [0.2, 0.25) is 0 Å². The van der Waals surface area contributed by atoms with Crippen LogP contribution in [0, 0.1) is 5.92 Å². The van der Waals surface area contributed by atoms with Gasteiger partial charge in [-0.3, -0.25) is 4.90 Å². The molecule has 3 nitrogen and oxygen atoms in total. The second kappa shape index (κ2) is 6.55. The van der Waals surface area contributed by atoms with Crippen LogP contribution in [-0.2, 0) is 6.54 Å². The average molecular weight is 261 g/mol. The third-order valence-electron chi connectivity index (χ3n) is 4.31. The lowest BCUT2D eigenvalue weighted by Gasteiger charge is -2.36. The Bertz CT molecular complexity index is 411. The monoisotopic (exact) mass is 261 g/mol. The summed E-state index contributed by atoms with van der Waals surface area (Å²) in [6.07, 6.45) is 5.29. The molecule has 0 aliphatic heterocycles. The minimum atomic E-state index is -1.38. The molecule has 2 atom stereocenters. The predicted molar refractivity (Wildman–Crippen MR) is 79.2 cm³/mol. The van der Waals surface area contributed by atoms with Crippen LogP contribution in [0.1, 0.15) is 38.2 Å². The van der Waals surface area contributed by atoms with Gasteiger partial charge in [-0.2, -0.15) is 0 Å². The van der Waals surface area contributed by atoms with Crippen molar-refractivity contribution in [3.8, 4) is 0 Å². The van der Waals surface area contributed by atoms with Gasteiger partial charge in [0, 0.05) is 12.6 Å². The highest BCUT2D eigenvalue weighted by molar-refractivity contribution is 6.58. The molecule has 0 bridgehead atoms. The molecule has 1 fully saturated rings. The van der Waals surface area contributed by atoms with Gasteiger partial charge < -0.3 is 10.0 Å². The van der Waals surface area contributed by atoms with E-state index < -0.39 is 7.12 Å².